The van der Waals surface area contributed by atoms with E-state index in [1.165, 1.54) is 10.8 Å². The zero-order chi connectivity index (χ0) is 31.1. The Kier molecular flexibility index (Phi) is 5.32. The summed E-state index contributed by atoms with van der Waals surface area (Å²) in [4.78, 5) is 0. The predicted molar refractivity (Wildman–Crippen MR) is 193 cm³/mol. The lowest BCUT2D eigenvalue weighted by Crippen LogP contribution is -2.00. The molecular formula is C43H25N3O. The van der Waals surface area contributed by atoms with Crippen molar-refractivity contribution in [3.63, 3.8) is 0 Å². The standard InChI is InChI=1S/C43H25N3O/c44-26-34-29(27-11-9-12-28(25-27)45-35-18-5-1-13-30(35)31-14-2-6-19-36(31)45)17-10-21-38(34)46-37-20-7-3-15-32(37)42-39(46)23-24-41-43(42)33-16-4-8-22-40(33)47-41/h1-25H. The van der Waals surface area contributed by atoms with Crippen LogP contribution in [0.3, 0.4) is 0 Å². The first-order chi connectivity index (χ1) is 23.3. The fraction of sp³-hybridized carbons (Fsp3) is 0. The van der Waals surface area contributed by atoms with Gasteiger partial charge in [-0.05, 0) is 60.2 Å². The van der Waals surface area contributed by atoms with Gasteiger partial charge in [0, 0.05) is 43.6 Å². The molecule has 0 radical (unpaired) electrons. The van der Waals surface area contributed by atoms with Crippen molar-refractivity contribution in [3.05, 3.63) is 157 Å². The highest BCUT2D eigenvalue weighted by Crippen LogP contribution is 2.42. The number of benzene rings is 7. The zero-order valence-electron chi connectivity index (χ0n) is 25.2. The van der Waals surface area contributed by atoms with Crippen LogP contribution in [0.5, 0.6) is 0 Å². The molecule has 0 amide bonds. The van der Waals surface area contributed by atoms with Crippen LogP contribution in [0.25, 0.3) is 88.1 Å². The van der Waals surface area contributed by atoms with E-state index in [0.29, 0.717) is 5.56 Å². The Bertz CT molecular complexity index is 2880. The molecule has 0 aliphatic heterocycles. The number of fused-ring (bicyclic) bond motifs is 10. The Morgan fingerprint density at radius 2 is 1.11 bits per heavy atom. The molecule has 47 heavy (non-hydrogen) atoms. The maximum absolute atomic E-state index is 10.8. The molecule has 0 spiro atoms. The van der Waals surface area contributed by atoms with Gasteiger partial charge in [0.1, 0.15) is 17.2 Å². The van der Waals surface area contributed by atoms with Crippen molar-refractivity contribution in [2.45, 2.75) is 0 Å². The molecule has 0 saturated carbocycles. The second-order valence-electron chi connectivity index (χ2n) is 12.0. The third-order valence-electron chi connectivity index (χ3n) is 9.57. The van der Waals surface area contributed by atoms with Gasteiger partial charge in [0.25, 0.3) is 0 Å². The molecule has 0 aliphatic rings. The minimum atomic E-state index is 0.631. The lowest BCUT2D eigenvalue weighted by Gasteiger charge is -2.15. The van der Waals surface area contributed by atoms with E-state index in [1.807, 2.05) is 12.1 Å². The summed E-state index contributed by atoms with van der Waals surface area (Å²) in [6.45, 7) is 0. The van der Waals surface area contributed by atoms with Crippen LogP contribution in [-0.4, -0.2) is 9.13 Å². The first-order valence-corrected chi connectivity index (χ1v) is 15.8. The molecule has 0 saturated heterocycles. The highest BCUT2D eigenvalue weighted by molar-refractivity contribution is 6.27. The predicted octanol–water partition coefficient (Wildman–Crippen LogP) is 11.3. The van der Waals surface area contributed by atoms with Crippen molar-refractivity contribution >= 4 is 65.6 Å². The maximum Gasteiger partial charge on any atom is 0.136 e. The number of rotatable bonds is 3. The van der Waals surface area contributed by atoms with Gasteiger partial charge in [-0.25, -0.2) is 0 Å². The van der Waals surface area contributed by atoms with Crippen molar-refractivity contribution in [2.75, 3.05) is 0 Å². The van der Waals surface area contributed by atoms with Crippen LogP contribution < -0.4 is 0 Å². The van der Waals surface area contributed by atoms with Crippen molar-refractivity contribution in [1.82, 2.24) is 9.13 Å². The number of nitriles is 1. The largest absolute Gasteiger partial charge is 0.456 e. The summed E-state index contributed by atoms with van der Waals surface area (Å²) in [5.41, 5.74) is 10.6. The van der Waals surface area contributed by atoms with Crippen molar-refractivity contribution in [2.24, 2.45) is 0 Å². The smallest absolute Gasteiger partial charge is 0.136 e. The molecule has 3 heterocycles. The third-order valence-corrected chi connectivity index (χ3v) is 9.57. The molecule has 218 valence electrons. The number of nitrogens with zero attached hydrogens (tertiary/aromatic N) is 3. The van der Waals surface area contributed by atoms with Gasteiger partial charge in [-0.3, -0.25) is 0 Å². The molecule has 0 bridgehead atoms. The highest BCUT2D eigenvalue weighted by atomic mass is 16.3. The Hall–Kier alpha value is -6.57. The molecule has 0 atom stereocenters. The van der Waals surface area contributed by atoms with Crippen LogP contribution in [0.2, 0.25) is 0 Å². The average molecular weight is 600 g/mol. The summed E-state index contributed by atoms with van der Waals surface area (Å²) in [5, 5.41) is 17.7. The quantitative estimate of drug-likeness (QED) is 0.203. The lowest BCUT2D eigenvalue weighted by atomic mass is 9.98. The van der Waals surface area contributed by atoms with Crippen molar-refractivity contribution < 1.29 is 4.42 Å². The molecule has 4 nitrogen and oxygen atoms in total. The van der Waals surface area contributed by atoms with Crippen LogP contribution in [0, 0.1) is 11.3 Å². The number of hydrogen-bond acceptors (Lipinski definition) is 2. The fourth-order valence-corrected chi connectivity index (χ4v) is 7.63. The first kappa shape index (κ1) is 25.7. The molecule has 0 fully saturated rings. The van der Waals surface area contributed by atoms with Crippen molar-refractivity contribution in [3.8, 4) is 28.6 Å². The highest BCUT2D eigenvalue weighted by Gasteiger charge is 2.21. The summed E-state index contributed by atoms with van der Waals surface area (Å²) in [6, 6.07) is 55.2. The lowest BCUT2D eigenvalue weighted by molar-refractivity contribution is 0.669. The second kappa shape index (κ2) is 9.71. The average Bonchev–Trinajstić information content (AvgIpc) is 3.79. The molecule has 4 heteroatoms. The number of hydrogen-bond donors (Lipinski definition) is 0. The van der Waals surface area contributed by atoms with Gasteiger partial charge in [-0.2, -0.15) is 5.26 Å². The topological polar surface area (TPSA) is 46.8 Å². The molecule has 7 aromatic carbocycles. The Balaban J connectivity index is 1.23. The van der Waals surface area contributed by atoms with Gasteiger partial charge in [0.15, 0.2) is 0 Å². The Labute approximate surface area is 269 Å². The molecular weight excluding hydrogens is 574 g/mol. The van der Waals surface area contributed by atoms with E-state index in [0.717, 1.165) is 77.3 Å². The molecule has 3 aromatic heterocycles. The van der Waals surface area contributed by atoms with E-state index < -0.39 is 0 Å². The van der Waals surface area contributed by atoms with E-state index in [-0.39, 0.29) is 0 Å². The fourth-order valence-electron chi connectivity index (χ4n) is 7.63. The van der Waals surface area contributed by atoms with E-state index in [9.17, 15) is 5.26 Å². The van der Waals surface area contributed by atoms with E-state index in [4.69, 9.17) is 4.42 Å². The molecule has 0 aliphatic carbocycles. The summed E-state index contributed by atoms with van der Waals surface area (Å²) in [5.74, 6) is 0. The molecule has 0 unspecified atom stereocenters. The van der Waals surface area contributed by atoms with Crippen LogP contribution in [0.4, 0.5) is 0 Å². The maximum atomic E-state index is 10.8. The van der Waals surface area contributed by atoms with Crippen LogP contribution in [0.15, 0.2) is 156 Å². The van der Waals surface area contributed by atoms with Gasteiger partial charge >= 0.3 is 0 Å². The molecule has 10 rings (SSSR count). The minimum Gasteiger partial charge on any atom is -0.456 e. The van der Waals surface area contributed by atoms with Crippen LogP contribution in [-0.2, 0) is 0 Å². The van der Waals surface area contributed by atoms with Crippen molar-refractivity contribution in [1.29, 1.82) is 5.26 Å². The normalized spacial score (nSPS) is 11.8. The van der Waals surface area contributed by atoms with Gasteiger partial charge < -0.3 is 13.6 Å². The molecule has 0 N–H and O–H groups in total. The summed E-state index contributed by atoms with van der Waals surface area (Å²) in [6.07, 6.45) is 0. The number of furan rings is 1. The first-order valence-electron chi connectivity index (χ1n) is 15.8. The Morgan fingerprint density at radius 3 is 1.85 bits per heavy atom. The number of para-hydroxylation sites is 4. The minimum absolute atomic E-state index is 0.631. The zero-order valence-corrected chi connectivity index (χ0v) is 25.2. The molecule has 10 aromatic rings. The third kappa shape index (κ3) is 3.57. The van der Waals surface area contributed by atoms with Gasteiger partial charge in [0.2, 0.25) is 0 Å². The summed E-state index contributed by atoms with van der Waals surface area (Å²) in [7, 11) is 0. The number of aromatic nitrogens is 2. The van der Waals surface area contributed by atoms with E-state index in [1.54, 1.807) is 0 Å². The van der Waals surface area contributed by atoms with Gasteiger partial charge in [0.05, 0.1) is 33.3 Å². The Morgan fingerprint density at radius 1 is 0.468 bits per heavy atom. The summed E-state index contributed by atoms with van der Waals surface area (Å²) >= 11 is 0. The monoisotopic (exact) mass is 599 g/mol. The summed E-state index contributed by atoms with van der Waals surface area (Å²) < 4.78 is 10.8. The van der Waals surface area contributed by atoms with E-state index in [2.05, 4.69) is 155 Å². The SMILES string of the molecule is N#Cc1c(-c2cccc(-n3c4ccccc4c4ccccc43)c2)cccc1-n1c2ccccc2c2c3c(ccc21)oc1ccccc13. The van der Waals surface area contributed by atoms with Gasteiger partial charge in [-0.15, -0.1) is 0 Å². The van der Waals surface area contributed by atoms with Gasteiger partial charge in [-0.1, -0.05) is 97.1 Å². The van der Waals surface area contributed by atoms with Crippen LogP contribution >= 0.6 is 0 Å². The van der Waals surface area contributed by atoms with Crippen LogP contribution in [0.1, 0.15) is 5.56 Å². The van der Waals surface area contributed by atoms with E-state index >= 15 is 0 Å². The second-order valence-corrected chi connectivity index (χ2v) is 12.0.